The van der Waals surface area contributed by atoms with Gasteiger partial charge in [-0.25, -0.2) is 13.2 Å². The highest BCUT2D eigenvalue weighted by Crippen LogP contribution is 2.23. The first kappa shape index (κ1) is 9.52. The Morgan fingerprint density at radius 1 is 1.54 bits per heavy atom. The maximum absolute atomic E-state index is 12.8. The van der Waals surface area contributed by atoms with Crippen molar-refractivity contribution in [2.45, 2.75) is 13.3 Å². The first-order chi connectivity index (χ1) is 6.07. The van der Waals surface area contributed by atoms with Crippen molar-refractivity contribution in [2.24, 2.45) is 0 Å². The molecule has 1 aromatic rings. The fraction of sp³-hybridized carbons (Fsp3) is 0.250. The van der Waals surface area contributed by atoms with E-state index < -0.39 is 17.9 Å². The summed E-state index contributed by atoms with van der Waals surface area (Å²) in [5, 5.41) is 8.48. The van der Waals surface area contributed by atoms with E-state index in [9.17, 15) is 13.2 Å². The molecule has 68 valence electrons. The van der Waals surface area contributed by atoms with Gasteiger partial charge in [-0.1, -0.05) is 0 Å². The average molecular weight is 186 g/mol. The molecule has 1 heterocycles. The third-order valence-electron chi connectivity index (χ3n) is 1.62. The summed E-state index contributed by atoms with van der Waals surface area (Å²) in [6.07, 6.45) is -2.16. The Balaban J connectivity index is 3.41. The predicted octanol–water partition coefficient (Wildman–Crippen LogP) is 2.34. The molecule has 1 aromatic heterocycles. The van der Waals surface area contributed by atoms with E-state index in [0.717, 1.165) is 0 Å². The molecule has 13 heavy (non-hydrogen) atoms. The molecule has 0 N–H and O–H groups in total. The number of aromatic nitrogens is 1. The van der Waals surface area contributed by atoms with Crippen molar-refractivity contribution in [2.75, 3.05) is 0 Å². The van der Waals surface area contributed by atoms with Gasteiger partial charge in [-0.3, -0.25) is 4.98 Å². The van der Waals surface area contributed by atoms with Gasteiger partial charge in [0.05, 0.1) is 11.8 Å². The normalized spacial score (nSPS) is 10.2. The third kappa shape index (κ3) is 1.61. The molecule has 0 unspecified atom stereocenters. The van der Waals surface area contributed by atoms with E-state index >= 15 is 0 Å². The second-order valence-corrected chi connectivity index (χ2v) is 2.40. The molecule has 0 radical (unpaired) electrons. The van der Waals surface area contributed by atoms with Crippen LogP contribution in [0.2, 0.25) is 0 Å². The quantitative estimate of drug-likeness (QED) is 0.674. The van der Waals surface area contributed by atoms with Crippen molar-refractivity contribution in [3.8, 4) is 6.07 Å². The number of halogens is 3. The van der Waals surface area contributed by atoms with Gasteiger partial charge >= 0.3 is 0 Å². The fourth-order valence-corrected chi connectivity index (χ4v) is 0.906. The Morgan fingerprint density at radius 3 is 2.62 bits per heavy atom. The molecule has 0 aromatic carbocycles. The summed E-state index contributed by atoms with van der Waals surface area (Å²) in [4.78, 5) is 3.16. The van der Waals surface area contributed by atoms with Gasteiger partial charge in [-0.15, -0.1) is 0 Å². The first-order valence-electron chi connectivity index (χ1n) is 3.41. The SMILES string of the molecule is Cc1c(F)cnc(C(F)F)c1C#N. The molecule has 0 aliphatic rings. The average Bonchev–Trinajstić information content (AvgIpc) is 2.09. The van der Waals surface area contributed by atoms with Gasteiger partial charge in [0.25, 0.3) is 6.43 Å². The van der Waals surface area contributed by atoms with Crippen molar-refractivity contribution in [3.63, 3.8) is 0 Å². The van der Waals surface area contributed by atoms with Crippen LogP contribution in [0.15, 0.2) is 6.20 Å². The largest absolute Gasteiger partial charge is 0.281 e. The standard InChI is InChI=1S/C8H5F3N2/c1-4-5(2-12)7(8(10)11)13-3-6(4)9/h3,8H,1H3. The lowest BCUT2D eigenvalue weighted by molar-refractivity contribution is 0.145. The van der Waals surface area contributed by atoms with Crippen molar-refractivity contribution in [1.82, 2.24) is 4.98 Å². The minimum atomic E-state index is -2.85. The lowest BCUT2D eigenvalue weighted by Crippen LogP contribution is -2.00. The molecule has 0 fully saturated rings. The summed E-state index contributed by atoms with van der Waals surface area (Å²) >= 11 is 0. The van der Waals surface area contributed by atoms with Crippen molar-refractivity contribution in [1.29, 1.82) is 5.26 Å². The number of pyridine rings is 1. The highest BCUT2D eigenvalue weighted by atomic mass is 19.3. The number of nitrogens with zero attached hydrogens (tertiary/aromatic N) is 2. The van der Waals surface area contributed by atoms with E-state index in [1.54, 1.807) is 0 Å². The van der Waals surface area contributed by atoms with Gasteiger partial charge in [0.15, 0.2) is 0 Å². The fourth-order valence-electron chi connectivity index (χ4n) is 0.906. The molecule has 0 aliphatic carbocycles. The molecule has 0 atom stereocenters. The molecule has 0 bridgehead atoms. The lowest BCUT2D eigenvalue weighted by atomic mass is 10.1. The number of rotatable bonds is 1. The van der Waals surface area contributed by atoms with E-state index in [0.29, 0.717) is 6.20 Å². The molecular formula is C8H5F3N2. The second-order valence-electron chi connectivity index (χ2n) is 2.40. The van der Waals surface area contributed by atoms with Crippen LogP contribution in [-0.2, 0) is 0 Å². The van der Waals surface area contributed by atoms with E-state index in [2.05, 4.69) is 4.98 Å². The van der Waals surface area contributed by atoms with Crippen molar-refractivity contribution < 1.29 is 13.2 Å². The molecule has 0 saturated carbocycles. The zero-order valence-electron chi connectivity index (χ0n) is 6.68. The van der Waals surface area contributed by atoms with Crippen LogP contribution in [0, 0.1) is 24.1 Å². The minimum absolute atomic E-state index is 0.0900. The number of nitriles is 1. The Kier molecular flexibility index (Phi) is 2.52. The summed E-state index contributed by atoms with van der Waals surface area (Å²) in [5.74, 6) is -0.749. The topological polar surface area (TPSA) is 36.7 Å². The minimum Gasteiger partial charge on any atom is -0.251 e. The summed E-state index contributed by atoms with van der Waals surface area (Å²) in [6, 6.07) is 1.50. The van der Waals surface area contributed by atoms with Crippen LogP contribution >= 0.6 is 0 Å². The lowest BCUT2D eigenvalue weighted by Gasteiger charge is -2.04. The molecular weight excluding hydrogens is 181 g/mol. The Morgan fingerprint density at radius 2 is 2.15 bits per heavy atom. The van der Waals surface area contributed by atoms with Crippen molar-refractivity contribution in [3.05, 3.63) is 28.8 Å². The van der Waals surface area contributed by atoms with Crippen LogP contribution in [0.3, 0.4) is 0 Å². The van der Waals surface area contributed by atoms with E-state index in [4.69, 9.17) is 5.26 Å². The van der Waals surface area contributed by atoms with Crippen LogP contribution in [-0.4, -0.2) is 4.98 Å². The van der Waals surface area contributed by atoms with E-state index in [-0.39, 0.29) is 11.1 Å². The van der Waals surface area contributed by atoms with Gasteiger partial charge in [-0.2, -0.15) is 5.26 Å². The molecule has 0 aliphatic heterocycles. The predicted molar refractivity (Wildman–Crippen MR) is 38.6 cm³/mol. The molecule has 0 amide bonds. The van der Waals surface area contributed by atoms with Gasteiger partial charge in [0, 0.05) is 5.56 Å². The van der Waals surface area contributed by atoms with Gasteiger partial charge in [0.2, 0.25) is 0 Å². The summed E-state index contributed by atoms with van der Waals surface area (Å²) < 4.78 is 37.1. The number of alkyl halides is 2. The van der Waals surface area contributed by atoms with Crippen LogP contribution in [0.4, 0.5) is 13.2 Å². The smallest absolute Gasteiger partial charge is 0.251 e. The van der Waals surface area contributed by atoms with Crippen LogP contribution < -0.4 is 0 Å². The van der Waals surface area contributed by atoms with Gasteiger partial charge < -0.3 is 0 Å². The Labute approximate surface area is 72.6 Å². The summed E-state index contributed by atoms with van der Waals surface area (Å²) in [6.45, 7) is 1.27. The van der Waals surface area contributed by atoms with Gasteiger partial charge in [0.1, 0.15) is 17.6 Å². The van der Waals surface area contributed by atoms with E-state index in [1.165, 1.54) is 13.0 Å². The zero-order valence-corrected chi connectivity index (χ0v) is 6.68. The highest BCUT2D eigenvalue weighted by molar-refractivity contribution is 5.41. The molecule has 1 rings (SSSR count). The highest BCUT2D eigenvalue weighted by Gasteiger charge is 2.18. The number of hydrogen-bond donors (Lipinski definition) is 0. The van der Waals surface area contributed by atoms with E-state index in [1.807, 2.05) is 0 Å². The van der Waals surface area contributed by atoms with Crippen LogP contribution in [0.25, 0.3) is 0 Å². The van der Waals surface area contributed by atoms with Crippen molar-refractivity contribution >= 4 is 0 Å². The molecule has 5 heteroatoms. The summed E-state index contributed by atoms with van der Waals surface area (Å²) in [7, 11) is 0. The third-order valence-corrected chi connectivity index (χ3v) is 1.62. The monoisotopic (exact) mass is 186 g/mol. The molecule has 2 nitrogen and oxygen atoms in total. The molecule has 0 saturated heterocycles. The first-order valence-corrected chi connectivity index (χ1v) is 3.41. The second kappa shape index (κ2) is 3.44. The maximum atomic E-state index is 12.8. The van der Waals surface area contributed by atoms with Crippen LogP contribution in [0.5, 0.6) is 0 Å². The number of hydrogen-bond acceptors (Lipinski definition) is 2. The Hall–Kier alpha value is -1.57. The molecule has 0 spiro atoms. The maximum Gasteiger partial charge on any atom is 0.281 e. The summed E-state index contributed by atoms with van der Waals surface area (Å²) in [5.41, 5.74) is -1.13. The zero-order chi connectivity index (χ0) is 10.0. The Bertz CT molecular complexity index is 368. The van der Waals surface area contributed by atoms with Gasteiger partial charge in [-0.05, 0) is 6.92 Å². The van der Waals surface area contributed by atoms with Crippen LogP contribution in [0.1, 0.15) is 23.2 Å².